The van der Waals surface area contributed by atoms with Crippen molar-refractivity contribution in [2.45, 2.75) is 19.9 Å². The van der Waals surface area contributed by atoms with Crippen LogP contribution in [-0.4, -0.2) is 19.6 Å². The molecule has 2 rings (SSSR count). The lowest BCUT2D eigenvalue weighted by molar-refractivity contribution is 0.646. The molecule has 14 heavy (non-hydrogen) atoms. The molecule has 0 fully saturated rings. The molecule has 0 amide bonds. The molecule has 2 heterocycles. The zero-order valence-corrected chi connectivity index (χ0v) is 8.23. The molecular weight excluding hydrogens is 178 g/mol. The van der Waals surface area contributed by atoms with E-state index >= 15 is 0 Å². The van der Waals surface area contributed by atoms with Crippen LogP contribution >= 0.6 is 0 Å². The Morgan fingerprint density at radius 2 is 2.36 bits per heavy atom. The van der Waals surface area contributed by atoms with Gasteiger partial charge in [-0.1, -0.05) is 0 Å². The molecule has 0 N–H and O–H groups in total. The smallest absolute Gasteiger partial charge is 0.109 e. The van der Waals surface area contributed by atoms with E-state index < -0.39 is 0 Å². The third-order valence-corrected chi connectivity index (χ3v) is 2.25. The van der Waals surface area contributed by atoms with Gasteiger partial charge in [-0.05, 0) is 6.92 Å². The van der Waals surface area contributed by atoms with Crippen molar-refractivity contribution in [3.63, 3.8) is 0 Å². The van der Waals surface area contributed by atoms with Crippen LogP contribution in [0.3, 0.4) is 0 Å². The number of nitriles is 1. The Labute approximate surface area is 81.5 Å². The molecule has 5 nitrogen and oxygen atoms in total. The van der Waals surface area contributed by atoms with Gasteiger partial charge in [0.1, 0.15) is 11.0 Å². The Hall–Kier alpha value is -1.83. The lowest BCUT2D eigenvalue weighted by atomic mass is 10.4. The predicted octanol–water partition coefficient (Wildman–Crippen LogP) is 0.992. The lowest BCUT2D eigenvalue weighted by Crippen LogP contribution is -1.99. The number of aromatic nitrogens is 4. The van der Waals surface area contributed by atoms with Crippen LogP contribution in [0.1, 0.15) is 12.1 Å². The van der Waals surface area contributed by atoms with Gasteiger partial charge < -0.3 is 0 Å². The van der Waals surface area contributed by atoms with E-state index in [2.05, 4.69) is 16.3 Å². The third-order valence-electron chi connectivity index (χ3n) is 2.25. The van der Waals surface area contributed by atoms with Crippen LogP contribution in [0.15, 0.2) is 6.20 Å². The van der Waals surface area contributed by atoms with Crippen molar-refractivity contribution in [2.24, 2.45) is 7.05 Å². The molecule has 0 saturated carbocycles. The summed E-state index contributed by atoms with van der Waals surface area (Å²) in [6.45, 7) is 2.58. The Kier molecular flexibility index (Phi) is 1.97. The highest BCUT2D eigenvalue weighted by molar-refractivity contribution is 5.77. The van der Waals surface area contributed by atoms with Crippen molar-refractivity contribution in [2.75, 3.05) is 0 Å². The first-order valence-electron chi connectivity index (χ1n) is 4.46. The van der Waals surface area contributed by atoms with E-state index in [1.807, 2.05) is 18.7 Å². The van der Waals surface area contributed by atoms with E-state index in [0.717, 1.165) is 16.7 Å². The summed E-state index contributed by atoms with van der Waals surface area (Å²) in [6.07, 6.45) is 2.26. The van der Waals surface area contributed by atoms with E-state index in [4.69, 9.17) is 5.26 Å². The second kappa shape index (κ2) is 3.14. The zero-order valence-electron chi connectivity index (χ0n) is 8.23. The second-order valence-electron chi connectivity index (χ2n) is 3.22. The number of hydrogen-bond donors (Lipinski definition) is 0. The van der Waals surface area contributed by atoms with Crippen LogP contribution < -0.4 is 0 Å². The molecule has 5 heteroatoms. The highest BCUT2D eigenvalue weighted by Crippen LogP contribution is 2.16. The fourth-order valence-corrected chi connectivity index (χ4v) is 1.64. The minimum absolute atomic E-state index is 0.477. The average molecular weight is 189 g/mol. The van der Waals surface area contributed by atoms with E-state index in [0.29, 0.717) is 13.0 Å². The molecule has 0 aliphatic carbocycles. The Morgan fingerprint density at radius 3 is 3.07 bits per heavy atom. The standard InChI is InChI=1S/C9H11N5/c1-7-9-8(13(2)12-7)6-11-14(9)5-3-4-10/h6H,3,5H2,1-2H3. The van der Waals surface area contributed by atoms with Crippen molar-refractivity contribution >= 4 is 11.0 Å². The van der Waals surface area contributed by atoms with Gasteiger partial charge >= 0.3 is 0 Å². The fourth-order valence-electron chi connectivity index (χ4n) is 1.64. The Bertz CT molecular complexity index is 499. The van der Waals surface area contributed by atoms with E-state index in [-0.39, 0.29) is 0 Å². The van der Waals surface area contributed by atoms with Gasteiger partial charge in [-0.15, -0.1) is 0 Å². The Balaban J connectivity index is 2.51. The van der Waals surface area contributed by atoms with Gasteiger partial charge in [0.2, 0.25) is 0 Å². The topological polar surface area (TPSA) is 59.4 Å². The van der Waals surface area contributed by atoms with E-state index in [9.17, 15) is 0 Å². The summed E-state index contributed by atoms with van der Waals surface area (Å²) in [7, 11) is 1.89. The summed E-state index contributed by atoms with van der Waals surface area (Å²) >= 11 is 0. The van der Waals surface area contributed by atoms with Crippen molar-refractivity contribution in [1.82, 2.24) is 19.6 Å². The van der Waals surface area contributed by atoms with Crippen molar-refractivity contribution < 1.29 is 0 Å². The van der Waals surface area contributed by atoms with Crippen LogP contribution in [0.25, 0.3) is 11.0 Å². The third kappa shape index (κ3) is 1.16. The molecule has 72 valence electrons. The highest BCUT2D eigenvalue weighted by atomic mass is 15.3. The summed E-state index contributed by atoms with van der Waals surface area (Å²) in [4.78, 5) is 0. The minimum Gasteiger partial charge on any atom is -0.264 e. The molecule has 0 bridgehead atoms. The van der Waals surface area contributed by atoms with E-state index in [1.165, 1.54) is 0 Å². The van der Waals surface area contributed by atoms with Crippen LogP contribution in [0.4, 0.5) is 0 Å². The van der Waals surface area contributed by atoms with Crippen molar-refractivity contribution in [3.05, 3.63) is 11.9 Å². The van der Waals surface area contributed by atoms with E-state index in [1.54, 1.807) is 10.9 Å². The molecule has 0 saturated heterocycles. The van der Waals surface area contributed by atoms with Gasteiger partial charge in [0.15, 0.2) is 0 Å². The van der Waals surface area contributed by atoms with Gasteiger partial charge in [0, 0.05) is 7.05 Å². The first kappa shape index (κ1) is 8.75. The lowest BCUT2D eigenvalue weighted by Gasteiger charge is -1.96. The summed E-state index contributed by atoms with van der Waals surface area (Å²) < 4.78 is 3.64. The van der Waals surface area contributed by atoms with Crippen LogP contribution in [0.2, 0.25) is 0 Å². The number of rotatable bonds is 2. The maximum Gasteiger partial charge on any atom is 0.109 e. The maximum absolute atomic E-state index is 8.50. The summed E-state index contributed by atoms with van der Waals surface area (Å²) in [6, 6.07) is 2.11. The maximum atomic E-state index is 8.50. The predicted molar refractivity (Wildman–Crippen MR) is 51.5 cm³/mol. The van der Waals surface area contributed by atoms with Gasteiger partial charge in [-0.25, -0.2) is 0 Å². The highest BCUT2D eigenvalue weighted by Gasteiger charge is 2.10. The van der Waals surface area contributed by atoms with Gasteiger partial charge in [0.05, 0.1) is 30.9 Å². The molecular formula is C9H11N5. The minimum atomic E-state index is 0.477. The molecule has 2 aromatic heterocycles. The molecule has 0 unspecified atom stereocenters. The largest absolute Gasteiger partial charge is 0.264 e. The normalized spacial score (nSPS) is 10.6. The van der Waals surface area contributed by atoms with Gasteiger partial charge in [0.25, 0.3) is 0 Å². The summed E-state index contributed by atoms with van der Waals surface area (Å²) in [5, 5.41) is 17.0. The van der Waals surface area contributed by atoms with Crippen molar-refractivity contribution in [1.29, 1.82) is 5.26 Å². The Morgan fingerprint density at radius 1 is 1.57 bits per heavy atom. The van der Waals surface area contributed by atoms with Crippen LogP contribution in [0.5, 0.6) is 0 Å². The molecule has 0 aliphatic rings. The zero-order chi connectivity index (χ0) is 10.1. The second-order valence-corrected chi connectivity index (χ2v) is 3.22. The fraction of sp³-hybridized carbons (Fsp3) is 0.444. The molecule has 0 atom stereocenters. The summed E-state index contributed by atoms with van der Waals surface area (Å²) in [5.74, 6) is 0. The number of nitrogens with zero attached hydrogens (tertiary/aromatic N) is 5. The number of aryl methyl sites for hydroxylation is 3. The van der Waals surface area contributed by atoms with Crippen LogP contribution in [0, 0.1) is 18.3 Å². The average Bonchev–Trinajstić information content (AvgIpc) is 2.67. The first-order valence-corrected chi connectivity index (χ1v) is 4.46. The monoisotopic (exact) mass is 189 g/mol. The SMILES string of the molecule is Cc1nn(C)c2cnn(CCC#N)c12. The van der Waals surface area contributed by atoms with Crippen molar-refractivity contribution in [3.8, 4) is 6.07 Å². The van der Waals surface area contributed by atoms with Gasteiger partial charge in [-0.2, -0.15) is 15.5 Å². The number of fused-ring (bicyclic) bond motifs is 1. The molecule has 0 aliphatic heterocycles. The summed E-state index contributed by atoms with van der Waals surface area (Å²) in [5.41, 5.74) is 3.00. The number of hydrogen-bond acceptors (Lipinski definition) is 3. The quantitative estimate of drug-likeness (QED) is 0.707. The molecule has 0 radical (unpaired) electrons. The molecule has 0 aromatic carbocycles. The first-order chi connectivity index (χ1) is 6.74. The molecule has 0 spiro atoms. The van der Waals surface area contributed by atoms with Gasteiger partial charge in [-0.3, -0.25) is 9.36 Å². The van der Waals surface area contributed by atoms with Crippen LogP contribution in [-0.2, 0) is 13.6 Å². The molecule has 2 aromatic rings.